The van der Waals surface area contributed by atoms with Gasteiger partial charge in [0.25, 0.3) is 0 Å². The molecule has 9 heavy (non-hydrogen) atoms. The first kappa shape index (κ1) is 8.88. The predicted molar refractivity (Wildman–Crippen MR) is 30.3 cm³/mol. The lowest BCUT2D eigenvalue weighted by Crippen LogP contribution is -1.73. The molecule has 6 nitrogen and oxygen atoms in total. The Labute approximate surface area is 51.7 Å². The zero-order valence-electron chi connectivity index (χ0n) is 4.17. The molecule has 0 aromatic heterocycles. The van der Waals surface area contributed by atoms with Gasteiger partial charge in [-0.1, -0.05) is 0 Å². The summed E-state index contributed by atoms with van der Waals surface area (Å²) >= 11 is 0. The summed E-state index contributed by atoms with van der Waals surface area (Å²) < 4.78 is 25.9. The highest BCUT2D eigenvalue weighted by Gasteiger charge is 2.31. The van der Waals surface area contributed by atoms with Crippen LogP contribution >= 0.6 is 16.0 Å². The van der Waals surface area contributed by atoms with Gasteiger partial charge in [0, 0.05) is 4.57 Å². The highest BCUT2D eigenvalue weighted by Crippen LogP contribution is 2.50. The van der Waals surface area contributed by atoms with E-state index in [0.29, 0.717) is 0 Å². The highest BCUT2D eigenvalue weighted by molar-refractivity contribution is 7.58. The molecule has 0 saturated heterocycles. The zero-order valence-corrected chi connectivity index (χ0v) is 5.96. The maximum Gasteiger partial charge on any atom is 0.705 e. The van der Waals surface area contributed by atoms with Gasteiger partial charge in [0.15, 0.2) is 0 Å². The first-order valence-electron chi connectivity index (χ1n) is 1.65. The molecule has 2 unspecified atom stereocenters. The van der Waals surface area contributed by atoms with Crippen molar-refractivity contribution in [3.05, 3.63) is 0 Å². The van der Waals surface area contributed by atoms with Gasteiger partial charge in [-0.05, 0) is 11.0 Å². The van der Waals surface area contributed by atoms with Crippen molar-refractivity contribution in [3.8, 4) is 0 Å². The third kappa shape index (κ3) is 4.39. The van der Waals surface area contributed by atoms with E-state index in [1.165, 1.54) is 0 Å². The molecule has 2 atom stereocenters. The number of nitrogens with zero attached hydrogens (tertiary/aromatic N) is 1. The second-order valence-corrected chi connectivity index (χ2v) is 3.34. The molecule has 0 bridgehead atoms. The van der Waals surface area contributed by atoms with Crippen molar-refractivity contribution in [2.24, 2.45) is 4.76 Å². The second kappa shape index (κ2) is 3.15. The van der Waals surface area contributed by atoms with Gasteiger partial charge in [0.1, 0.15) is 0 Å². The molecule has 0 aliphatic heterocycles. The molecule has 0 amide bonds. The molecule has 0 saturated carbocycles. The summed E-state index contributed by atoms with van der Waals surface area (Å²) in [6.07, 6.45) is 0. The van der Waals surface area contributed by atoms with Gasteiger partial charge < -0.3 is 4.89 Å². The van der Waals surface area contributed by atoms with Gasteiger partial charge in [-0.2, -0.15) is 4.76 Å². The molecule has 8 heteroatoms. The van der Waals surface area contributed by atoms with Gasteiger partial charge in [-0.15, -0.1) is 4.89 Å². The topological polar surface area (TPSA) is 96.2 Å². The summed E-state index contributed by atoms with van der Waals surface area (Å²) in [5.41, 5.74) is 0. The smallest absolute Gasteiger partial charge is 0.304 e. The van der Waals surface area contributed by atoms with E-state index in [-0.39, 0.29) is 0 Å². The van der Waals surface area contributed by atoms with Crippen LogP contribution in [0.4, 0.5) is 0 Å². The molecule has 0 heterocycles. The van der Waals surface area contributed by atoms with E-state index < -0.39 is 16.0 Å². The lowest BCUT2D eigenvalue weighted by atomic mass is 11.8. The summed E-state index contributed by atoms with van der Waals surface area (Å²) in [6, 6.07) is 0. The molecular weight excluding hydrogens is 168 g/mol. The van der Waals surface area contributed by atoms with Crippen LogP contribution < -0.4 is 0 Å². The molecule has 0 aromatic carbocycles. The maximum atomic E-state index is 10.2. The van der Waals surface area contributed by atoms with Crippen LogP contribution in [-0.4, -0.2) is 16.5 Å². The Bertz CT molecular complexity index is 176. The van der Waals surface area contributed by atoms with Crippen LogP contribution in [0.3, 0.4) is 0 Å². The van der Waals surface area contributed by atoms with Crippen LogP contribution in [0.1, 0.15) is 0 Å². The lowest BCUT2D eigenvalue weighted by molar-refractivity contribution is 0.352. The third-order valence-corrected chi connectivity index (χ3v) is 2.12. The molecule has 0 aliphatic rings. The Balaban J connectivity index is 4.03. The normalized spacial score (nSPS) is 18.2. The Morgan fingerprint density at radius 1 is 1.78 bits per heavy atom. The van der Waals surface area contributed by atoms with Crippen molar-refractivity contribution < 1.29 is 23.2 Å². The fourth-order valence-corrected chi connectivity index (χ4v) is 1.05. The van der Waals surface area contributed by atoms with Crippen molar-refractivity contribution in [2.45, 2.75) is 0 Å². The summed E-state index contributed by atoms with van der Waals surface area (Å²) in [4.78, 5) is 16.1. The molecule has 52 valence electrons. The van der Waals surface area contributed by atoms with E-state index in [1.807, 2.05) is 0 Å². The minimum atomic E-state index is -4.25. The standard InChI is InChI=1S/CH3NO5P2/c1-2-9(5,6)7-8(3)4/h1H2,(H-,3,4,5,6)/p+1. The average Bonchev–Trinajstić information content (AvgIpc) is 1.63. The van der Waals surface area contributed by atoms with Crippen molar-refractivity contribution in [1.82, 2.24) is 0 Å². The summed E-state index contributed by atoms with van der Waals surface area (Å²) in [6.45, 7) is 2.66. The zero-order chi connectivity index (χ0) is 7.49. The molecular formula is CH4NO5P2+. The summed E-state index contributed by atoms with van der Waals surface area (Å²) in [7, 11) is -7.34. The summed E-state index contributed by atoms with van der Waals surface area (Å²) in [5, 5.41) is 0. The van der Waals surface area contributed by atoms with Gasteiger partial charge in [0.2, 0.25) is 0 Å². The molecule has 0 spiro atoms. The number of hydrogen-bond donors (Lipinski definition) is 2. The van der Waals surface area contributed by atoms with E-state index in [9.17, 15) is 9.13 Å². The average molecular weight is 172 g/mol. The van der Waals surface area contributed by atoms with E-state index >= 15 is 0 Å². The van der Waals surface area contributed by atoms with Crippen LogP contribution in [0.2, 0.25) is 0 Å². The third-order valence-electron chi connectivity index (χ3n) is 0.355. The minimum Gasteiger partial charge on any atom is -0.304 e. The van der Waals surface area contributed by atoms with Crippen LogP contribution in [-0.2, 0) is 13.4 Å². The van der Waals surface area contributed by atoms with Crippen LogP contribution in [0.15, 0.2) is 4.76 Å². The van der Waals surface area contributed by atoms with Gasteiger partial charge >= 0.3 is 16.0 Å². The maximum absolute atomic E-state index is 10.2. The summed E-state index contributed by atoms with van der Waals surface area (Å²) in [5.74, 6) is 0. The first-order valence-corrected chi connectivity index (χ1v) is 4.31. The quantitative estimate of drug-likeness (QED) is 0.475. The lowest BCUT2D eigenvalue weighted by Gasteiger charge is -1.89. The van der Waals surface area contributed by atoms with E-state index in [1.54, 1.807) is 0 Å². The van der Waals surface area contributed by atoms with Crippen LogP contribution in [0.5, 0.6) is 0 Å². The monoisotopic (exact) mass is 172 g/mol. The fraction of sp³-hybridized carbons (Fsp3) is 0. The Kier molecular flexibility index (Phi) is 3.11. The fourth-order valence-electron chi connectivity index (χ4n) is 0.117. The van der Waals surface area contributed by atoms with Crippen molar-refractivity contribution in [2.75, 3.05) is 0 Å². The molecule has 0 radical (unpaired) electrons. The van der Waals surface area contributed by atoms with Gasteiger partial charge in [0.05, 0.1) is 0 Å². The first-order chi connectivity index (χ1) is 3.98. The minimum absolute atomic E-state index is 2.56. The number of rotatable bonds is 3. The SMILES string of the molecule is C=NP(=O)(O)O[P+](=O)O. The molecule has 2 N–H and O–H groups in total. The molecule has 0 fully saturated rings. The Morgan fingerprint density at radius 3 is 2.33 bits per heavy atom. The van der Waals surface area contributed by atoms with Crippen molar-refractivity contribution >= 4 is 22.7 Å². The molecule has 0 aliphatic carbocycles. The van der Waals surface area contributed by atoms with Crippen molar-refractivity contribution in [1.29, 1.82) is 0 Å². The van der Waals surface area contributed by atoms with Crippen LogP contribution in [0.25, 0.3) is 0 Å². The van der Waals surface area contributed by atoms with Crippen LogP contribution in [0, 0.1) is 0 Å². The van der Waals surface area contributed by atoms with E-state index in [0.717, 1.165) is 0 Å². The van der Waals surface area contributed by atoms with Crippen molar-refractivity contribution in [3.63, 3.8) is 0 Å². The predicted octanol–water partition coefficient (Wildman–Crippen LogP) is 0.454. The largest absolute Gasteiger partial charge is 0.705 e. The van der Waals surface area contributed by atoms with E-state index in [4.69, 9.17) is 9.79 Å². The van der Waals surface area contributed by atoms with Gasteiger partial charge in [-0.3, -0.25) is 0 Å². The molecule has 0 rings (SSSR count). The molecule has 0 aromatic rings. The van der Waals surface area contributed by atoms with Gasteiger partial charge in [-0.25, -0.2) is 4.57 Å². The second-order valence-electron chi connectivity index (χ2n) is 0.951. The van der Waals surface area contributed by atoms with E-state index in [2.05, 4.69) is 15.8 Å². The Morgan fingerprint density at radius 2 is 2.22 bits per heavy atom. The highest BCUT2D eigenvalue weighted by atomic mass is 31.2. The number of hydrogen-bond acceptors (Lipinski definition) is 3. The Hall–Kier alpha value is -0.120.